The molecule has 2 aromatic carbocycles. The highest BCUT2D eigenvalue weighted by molar-refractivity contribution is 5.35. The fourth-order valence-electron chi connectivity index (χ4n) is 2.32. The van der Waals surface area contributed by atoms with Crippen molar-refractivity contribution in [2.45, 2.75) is 25.3 Å². The second-order valence-electron chi connectivity index (χ2n) is 4.68. The van der Waals surface area contributed by atoms with Crippen molar-refractivity contribution in [1.29, 1.82) is 0 Å². The summed E-state index contributed by atoms with van der Waals surface area (Å²) in [5.74, 6) is 0.259. The standard InChI is InChI=1S/C17H17NO/c1-14(18-13-19)12-17(15-8-4-2-5-9-15)16-10-6-3-7-11-16/h2-11,14,17H,12H2,1H3. The molecule has 0 saturated heterocycles. The first-order chi connectivity index (χ1) is 9.31. The van der Waals surface area contributed by atoms with E-state index in [4.69, 9.17) is 0 Å². The van der Waals surface area contributed by atoms with Crippen molar-refractivity contribution >= 4 is 6.08 Å². The fraction of sp³-hybridized carbons (Fsp3) is 0.235. The highest BCUT2D eigenvalue weighted by Crippen LogP contribution is 2.29. The van der Waals surface area contributed by atoms with Gasteiger partial charge in [-0.15, -0.1) is 0 Å². The molecule has 0 heterocycles. The van der Waals surface area contributed by atoms with E-state index in [9.17, 15) is 4.79 Å². The Morgan fingerprint density at radius 3 is 1.84 bits per heavy atom. The van der Waals surface area contributed by atoms with Gasteiger partial charge in [-0.2, -0.15) is 0 Å². The van der Waals surface area contributed by atoms with E-state index in [1.54, 1.807) is 6.08 Å². The Hall–Kier alpha value is -2.18. The molecular weight excluding hydrogens is 234 g/mol. The zero-order valence-corrected chi connectivity index (χ0v) is 11.0. The molecule has 2 nitrogen and oxygen atoms in total. The number of nitrogens with zero attached hydrogens (tertiary/aromatic N) is 1. The summed E-state index contributed by atoms with van der Waals surface area (Å²) in [6, 6.07) is 20.6. The van der Waals surface area contributed by atoms with Crippen LogP contribution < -0.4 is 0 Å². The molecule has 0 fully saturated rings. The lowest BCUT2D eigenvalue weighted by atomic mass is 9.86. The predicted octanol–water partition coefficient (Wildman–Crippen LogP) is 3.93. The number of isocyanates is 1. The average Bonchev–Trinajstić information content (AvgIpc) is 2.47. The molecule has 19 heavy (non-hydrogen) atoms. The highest BCUT2D eigenvalue weighted by Gasteiger charge is 2.16. The summed E-state index contributed by atoms with van der Waals surface area (Å²) >= 11 is 0. The lowest BCUT2D eigenvalue weighted by molar-refractivity contribution is 0.549. The van der Waals surface area contributed by atoms with Crippen LogP contribution in [0.15, 0.2) is 65.7 Å². The number of hydrogen-bond donors (Lipinski definition) is 0. The molecule has 0 bridgehead atoms. The van der Waals surface area contributed by atoms with Gasteiger partial charge in [-0.1, -0.05) is 60.7 Å². The van der Waals surface area contributed by atoms with Crippen LogP contribution in [0.1, 0.15) is 30.4 Å². The van der Waals surface area contributed by atoms with E-state index in [-0.39, 0.29) is 12.0 Å². The smallest absolute Gasteiger partial charge is 0.211 e. The molecule has 0 aromatic heterocycles. The predicted molar refractivity (Wildman–Crippen MR) is 76.9 cm³/mol. The summed E-state index contributed by atoms with van der Waals surface area (Å²) in [6.45, 7) is 1.95. The molecule has 0 N–H and O–H groups in total. The number of benzene rings is 2. The second-order valence-corrected chi connectivity index (χ2v) is 4.68. The molecule has 0 amide bonds. The van der Waals surface area contributed by atoms with E-state index >= 15 is 0 Å². The van der Waals surface area contributed by atoms with Crippen LogP contribution in [0.25, 0.3) is 0 Å². The lowest BCUT2D eigenvalue weighted by Gasteiger charge is -2.19. The third kappa shape index (κ3) is 3.64. The number of aliphatic imine (C=N–C) groups is 1. The molecule has 2 rings (SSSR count). The van der Waals surface area contributed by atoms with E-state index in [2.05, 4.69) is 29.3 Å². The minimum atomic E-state index is -0.0251. The molecule has 96 valence electrons. The van der Waals surface area contributed by atoms with E-state index in [0.29, 0.717) is 0 Å². The molecule has 0 aliphatic rings. The van der Waals surface area contributed by atoms with Crippen molar-refractivity contribution in [2.75, 3.05) is 0 Å². The van der Waals surface area contributed by atoms with Gasteiger partial charge in [0.15, 0.2) is 0 Å². The van der Waals surface area contributed by atoms with Gasteiger partial charge in [0.25, 0.3) is 0 Å². The van der Waals surface area contributed by atoms with Crippen LogP contribution in [0.5, 0.6) is 0 Å². The molecule has 1 unspecified atom stereocenters. The molecule has 1 atom stereocenters. The molecule has 0 aliphatic heterocycles. The van der Waals surface area contributed by atoms with Crippen LogP contribution in [-0.4, -0.2) is 12.1 Å². The van der Waals surface area contributed by atoms with Gasteiger partial charge in [-0.25, -0.2) is 9.79 Å². The van der Waals surface area contributed by atoms with Crippen LogP contribution in [0.3, 0.4) is 0 Å². The van der Waals surface area contributed by atoms with Crippen molar-refractivity contribution in [2.24, 2.45) is 4.99 Å². The van der Waals surface area contributed by atoms with E-state index in [1.807, 2.05) is 43.3 Å². The maximum absolute atomic E-state index is 10.4. The molecule has 2 heteroatoms. The van der Waals surface area contributed by atoms with Gasteiger partial charge < -0.3 is 0 Å². The maximum Gasteiger partial charge on any atom is 0.235 e. The minimum Gasteiger partial charge on any atom is -0.211 e. The number of carbonyl (C=O) groups excluding carboxylic acids is 1. The lowest BCUT2D eigenvalue weighted by Crippen LogP contribution is -2.09. The van der Waals surface area contributed by atoms with Gasteiger partial charge in [0, 0.05) is 5.92 Å². The van der Waals surface area contributed by atoms with Gasteiger partial charge in [0.2, 0.25) is 6.08 Å². The Bertz CT molecular complexity index is 504. The molecule has 2 aromatic rings. The molecule has 0 spiro atoms. The topological polar surface area (TPSA) is 29.4 Å². The minimum absolute atomic E-state index is 0.0251. The largest absolute Gasteiger partial charge is 0.235 e. The highest BCUT2D eigenvalue weighted by atomic mass is 16.1. The van der Waals surface area contributed by atoms with Crippen molar-refractivity contribution in [3.63, 3.8) is 0 Å². The monoisotopic (exact) mass is 251 g/mol. The summed E-state index contributed by atoms with van der Waals surface area (Å²) in [7, 11) is 0. The Balaban J connectivity index is 2.31. The van der Waals surface area contributed by atoms with E-state index < -0.39 is 0 Å². The summed E-state index contributed by atoms with van der Waals surface area (Å²) in [6.07, 6.45) is 2.46. The Morgan fingerprint density at radius 1 is 0.947 bits per heavy atom. The Morgan fingerprint density at radius 2 is 1.42 bits per heavy atom. The molecule has 0 aliphatic carbocycles. The normalized spacial score (nSPS) is 11.9. The third-order valence-electron chi connectivity index (χ3n) is 3.25. The SMILES string of the molecule is CC(CC(c1ccccc1)c1ccccc1)N=C=O. The van der Waals surface area contributed by atoms with Gasteiger partial charge in [0.1, 0.15) is 0 Å². The Kier molecular flexibility index (Phi) is 4.66. The second kappa shape index (κ2) is 6.67. The van der Waals surface area contributed by atoms with Crippen LogP contribution in [0, 0.1) is 0 Å². The summed E-state index contributed by atoms with van der Waals surface area (Å²) in [5, 5.41) is 0. The zero-order chi connectivity index (χ0) is 13.5. The first kappa shape index (κ1) is 13.3. The van der Waals surface area contributed by atoms with Gasteiger partial charge >= 0.3 is 0 Å². The van der Waals surface area contributed by atoms with Gasteiger partial charge in [-0.05, 0) is 24.5 Å². The van der Waals surface area contributed by atoms with Crippen LogP contribution >= 0.6 is 0 Å². The van der Waals surface area contributed by atoms with Crippen molar-refractivity contribution in [3.8, 4) is 0 Å². The van der Waals surface area contributed by atoms with Crippen molar-refractivity contribution in [1.82, 2.24) is 0 Å². The van der Waals surface area contributed by atoms with Crippen molar-refractivity contribution in [3.05, 3.63) is 71.8 Å². The number of hydrogen-bond acceptors (Lipinski definition) is 2. The quantitative estimate of drug-likeness (QED) is 0.584. The van der Waals surface area contributed by atoms with Gasteiger partial charge in [0.05, 0.1) is 6.04 Å². The first-order valence-electron chi connectivity index (χ1n) is 6.48. The van der Waals surface area contributed by atoms with Crippen LogP contribution in [0.2, 0.25) is 0 Å². The van der Waals surface area contributed by atoms with Crippen LogP contribution in [0.4, 0.5) is 0 Å². The summed E-state index contributed by atoms with van der Waals surface area (Å²) in [4.78, 5) is 14.2. The van der Waals surface area contributed by atoms with E-state index in [0.717, 1.165) is 6.42 Å². The van der Waals surface area contributed by atoms with Crippen LogP contribution in [-0.2, 0) is 4.79 Å². The summed E-state index contributed by atoms with van der Waals surface area (Å²) < 4.78 is 0. The van der Waals surface area contributed by atoms with Gasteiger partial charge in [-0.3, -0.25) is 0 Å². The summed E-state index contributed by atoms with van der Waals surface area (Å²) in [5.41, 5.74) is 2.50. The number of rotatable bonds is 5. The van der Waals surface area contributed by atoms with Crippen molar-refractivity contribution < 1.29 is 4.79 Å². The first-order valence-corrected chi connectivity index (χ1v) is 6.48. The third-order valence-corrected chi connectivity index (χ3v) is 3.25. The fourth-order valence-corrected chi connectivity index (χ4v) is 2.32. The van der Waals surface area contributed by atoms with E-state index in [1.165, 1.54) is 11.1 Å². The molecule has 0 saturated carbocycles. The Labute approximate surface area is 113 Å². The maximum atomic E-state index is 10.4. The average molecular weight is 251 g/mol. The molecular formula is C17H17NO. The zero-order valence-electron chi connectivity index (χ0n) is 11.0. The molecule has 0 radical (unpaired) electrons.